The van der Waals surface area contributed by atoms with Crippen molar-refractivity contribution in [1.82, 2.24) is 15.1 Å². The molecule has 0 radical (unpaired) electrons. The monoisotopic (exact) mass is 379 g/mol. The summed E-state index contributed by atoms with van der Waals surface area (Å²) in [6, 6.07) is 7.10. The van der Waals surface area contributed by atoms with Gasteiger partial charge in [0.2, 0.25) is 5.91 Å². The van der Waals surface area contributed by atoms with E-state index < -0.39 is 0 Å². The lowest BCUT2D eigenvalue weighted by Gasteiger charge is -2.32. The number of rotatable bonds is 5. The minimum Gasteiger partial charge on any atom is -0.379 e. The molecule has 0 aliphatic carbocycles. The number of carbonyl (C=O) groups excluding carboxylic acids is 2. The van der Waals surface area contributed by atoms with Crippen molar-refractivity contribution in [2.75, 3.05) is 52.5 Å². The Kier molecular flexibility index (Phi) is 6.88. The van der Waals surface area contributed by atoms with E-state index in [-0.39, 0.29) is 17.7 Å². The lowest BCUT2D eigenvalue weighted by Crippen LogP contribution is -2.45. The number of hydrogen-bond acceptors (Lipinski definition) is 4. The van der Waals surface area contributed by atoms with E-state index in [0.29, 0.717) is 43.1 Å². The van der Waals surface area contributed by atoms with Crippen molar-refractivity contribution in [3.8, 4) is 0 Å². The maximum Gasteiger partial charge on any atom is 0.255 e. The fourth-order valence-corrected chi connectivity index (χ4v) is 3.67. The summed E-state index contributed by atoms with van der Waals surface area (Å²) in [5.74, 6) is 0.0276. The number of nitrogens with one attached hydrogen (secondary N) is 1. The second-order valence-electron chi connectivity index (χ2n) is 6.79. The molecule has 2 aliphatic rings. The minimum atomic E-state index is -0.0539. The van der Waals surface area contributed by atoms with Crippen LogP contribution in [0.3, 0.4) is 0 Å². The summed E-state index contributed by atoms with van der Waals surface area (Å²) in [7, 11) is 0. The molecule has 1 aromatic rings. The van der Waals surface area contributed by atoms with Crippen LogP contribution in [0.2, 0.25) is 5.02 Å². The van der Waals surface area contributed by atoms with Crippen LogP contribution in [-0.2, 0) is 9.53 Å². The molecule has 142 valence electrons. The molecular formula is C19H26ClN3O3. The van der Waals surface area contributed by atoms with E-state index in [9.17, 15) is 9.59 Å². The quantitative estimate of drug-likeness (QED) is 0.844. The topological polar surface area (TPSA) is 61.9 Å². The molecule has 2 fully saturated rings. The van der Waals surface area contributed by atoms with Crippen LogP contribution in [0.1, 0.15) is 23.2 Å². The zero-order valence-electron chi connectivity index (χ0n) is 15.0. The number of likely N-dealkylation sites (tertiary alicyclic amines) is 1. The first-order valence-electron chi connectivity index (χ1n) is 9.27. The third-order valence-electron chi connectivity index (χ3n) is 5.09. The van der Waals surface area contributed by atoms with Crippen LogP contribution in [0.4, 0.5) is 0 Å². The third-order valence-corrected chi connectivity index (χ3v) is 5.42. The Morgan fingerprint density at radius 2 is 1.81 bits per heavy atom. The molecule has 0 atom stereocenters. The van der Waals surface area contributed by atoms with Crippen LogP contribution in [-0.4, -0.2) is 74.1 Å². The van der Waals surface area contributed by atoms with E-state index in [4.69, 9.17) is 16.3 Å². The SMILES string of the molecule is O=C(NCCN1CCOCC1)C1CCN(C(=O)c2ccccc2Cl)CC1. The number of carbonyl (C=O) groups is 2. The number of morpholine rings is 1. The van der Waals surface area contributed by atoms with Gasteiger partial charge in [-0.3, -0.25) is 14.5 Å². The van der Waals surface area contributed by atoms with Crippen molar-refractivity contribution in [2.45, 2.75) is 12.8 Å². The molecule has 6 nitrogen and oxygen atoms in total. The summed E-state index contributed by atoms with van der Waals surface area (Å²) in [5.41, 5.74) is 0.530. The lowest BCUT2D eigenvalue weighted by atomic mass is 9.95. The van der Waals surface area contributed by atoms with Crippen LogP contribution in [0.15, 0.2) is 24.3 Å². The van der Waals surface area contributed by atoms with Crippen LogP contribution < -0.4 is 5.32 Å². The van der Waals surface area contributed by atoms with Crippen LogP contribution in [0.25, 0.3) is 0 Å². The maximum absolute atomic E-state index is 12.6. The van der Waals surface area contributed by atoms with Crippen LogP contribution in [0.5, 0.6) is 0 Å². The zero-order chi connectivity index (χ0) is 18.4. The number of piperidine rings is 1. The van der Waals surface area contributed by atoms with E-state index in [0.717, 1.165) is 32.8 Å². The molecule has 7 heteroatoms. The molecule has 26 heavy (non-hydrogen) atoms. The zero-order valence-corrected chi connectivity index (χ0v) is 15.7. The molecule has 0 aromatic heterocycles. The third kappa shape index (κ3) is 4.96. The van der Waals surface area contributed by atoms with Gasteiger partial charge in [0.1, 0.15) is 0 Å². The second-order valence-corrected chi connectivity index (χ2v) is 7.20. The molecule has 1 aromatic carbocycles. The summed E-state index contributed by atoms with van der Waals surface area (Å²) in [5, 5.41) is 3.51. The van der Waals surface area contributed by atoms with Crippen molar-refractivity contribution in [2.24, 2.45) is 5.92 Å². The first kappa shape index (κ1) is 19.1. The van der Waals surface area contributed by atoms with Crippen molar-refractivity contribution in [3.05, 3.63) is 34.9 Å². The number of hydrogen-bond donors (Lipinski definition) is 1. The van der Waals surface area contributed by atoms with E-state index in [1.165, 1.54) is 0 Å². The summed E-state index contributed by atoms with van der Waals surface area (Å²) in [6.07, 6.45) is 1.39. The molecule has 0 bridgehead atoms. The Bertz CT molecular complexity index is 626. The van der Waals surface area contributed by atoms with Gasteiger partial charge in [-0.1, -0.05) is 23.7 Å². The molecule has 2 saturated heterocycles. The predicted octanol–water partition coefficient (Wildman–Crippen LogP) is 1.64. The summed E-state index contributed by atoms with van der Waals surface area (Å²) < 4.78 is 5.32. The Hall–Kier alpha value is -1.63. The first-order chi connectivity index (χ1) is 12.6. The first-order valence-corrected chi connectivity index (χ1v) is 9.64. The van der Waals surface area contributed by atoms with Gasteiger partial charge in [0.15, 0.2) is 0 Å². The molecule has 0 unspecified atom stereocenters. The van der Waals surface area contributed by atoms with E-state index in [1.54, 1.807) is 17.0 Å². The van der Waals surface area contributed by atoms with Gasteiger partial charge in [0, 0.05) is 45.2 Å². The van der Waals surface area contributed by atoms with E-state index >= 15 is 0 Å². The average Bonchev–Trinajstić information content (AvgIpc) is 2.69. The Balaban J connectivity index is 1.40. The summed E-state index contributed by atoms with van der Waals surface area (Å²) >= 11 is 6.12. The average molecular weight is 380 g/mol. The van der Waals surface area contributed by atoms with Gasteiger partial charge in [0.05, 0.1) is 23.8 Å². The highest BCUT2D eigenvalue weighted by molar-refractivity contribution is 6.33. The Labute approximate surface area is 159 Å². The lowest BCUT2D eigenvalue weighted by molar-refractivity contribution is -0.126. The van der Waals surface area contributed by atoms with E-state index in [2.05, 4.69) is 10.2 Å². The number of amides is 2. The van der Waals surface area contributed by atoms with Crippen molar-refractivity contribution in [1.29, 1.82) is 0 Å². The summed E-state index contributed by atoms with van der Waals surface area (Å²) in [6.45, 7) is 6.10. The fourth-order valence-electron chi connectivity index (χ4n) is 3.46. The van der Waals surface area contributed by atoms with Gasteiger partial charge in [-0.05, 0) is 25.0 Å². The Morgan fingerprint density at radius 3 is 2.50 bits per heavy atom. The fraction of sp³-hybridized carbons (Fsp3) is 0.579. The normalized spacial score (nSPS) is 19.3. The molecule has 2 aliphatic heterocycles. The number of nitrogens with zero attached hydrogens (tertiary/aromatic N) is 2. The second kappa shape index (κ2) is 9.35. The highest BCUT2D eigenvalue weighted by atomic mass is 35.5. The molecule has 1 N–H and O–H groups in total. The number of benzene rings is 1. The molecule has 0 spiro atoms. The van der Waals surface area contributed by atoms with Crippen LogP contribution in [0, 0.1) is 5.92 Å². The highest BCUT2D eigenvalue weighted by Gasteiger charge is 2.28. The number of ether oxygens (including phenoxy) is 1. The van der Waals surface area contributed by atoms with Crippen molar-refractivity contribution in [3.63, 3.8) is 0 Å². The van der Waals surface area contributed by atoms with E-state index in [1.807, 2.05) is 12.1 Å². The van der Waals surface area contributed by atoms with Gasteiger partial charge >= 0.3 is 0 Å². The molecule has 2 amide bonds. The smallest absolute Gasteiger partial charge is 0.255 e. The predicted molar refractivity (Wildman–Crippen MR) is 100 cm³/mol. The van der Waals surface area contributed by atoms with Gasteiger partial charge in [-0.15, -0.1) is 0 Å². The van der Waals surface area contributed by atoms with Crippen LogP contribution >= 0.6 is 11.6 Å². The molecule has 0 saturated carbocycles. The summed E-state index contributed by atoms with van der Waals surface area (Å²) in [4.78, 5) is 29.0. The largest absolute Gasteiger partial charge is 0.379 e. The van der Waals surface area contributed by atoms with Gasteiger partial charge in [-0.25, -0.2) is 0 Å². The highest BCUT2D eigenvalue weighted by Crippen LogP contribution is 2.22. The molecule has 2 heterocycles. The standard InChI is InChI=1S/C19H26ClN3O3/c20-17-4-2-1-3-16(17)19(25)23-8-5-15(6-9-23)18(24)21-7-10-22-11-13-26-14-12-22/h1-4,15H,5-14H2,(H,21,24). The van der Waals surface area contributed by atoms with Gasteiger partial charge < -0.3 is 15.0 Å². The van der Waals surface area contributed by atoms with Crippen molar-refractivity contribution < 1.29 is 14.3 Å². The van der Waals surface area contributed by atoms with Gasteiger partial charge in [0.25, 0.3) is 5.91 Å². The maximum atomic E-state index is 12.6. The Morgan fingerprint density at radius 1 is 1.12 bits per heavy atom. The molecular weight excluding hydrogens is 354 g/mol. The minimum absolute atomic E-state index is 0.0185. The van der Waals surface area contributed by atoms with Gasteiger partial charge in [-0.2, -0.15) is 0 Å². The molecule has 3 rings (SSSR count). The number of halogens is 1. The van der Waals surface area contributed by atoms with Crippen molar-refractivity contribution >= 4 is 23.4 Å².